The molecule has 0 aliphatic heterocycles. The van der Waals surface area contributed by atoms with E-state index in [1.807, 2.05) is 18.2 Å². The Morgan fingerprint density at radius 3 is 3.14 bits per heavy atom. The zero-order valence-electron chi connectivity index (χ0n) is 7.77. The Kier molecular flexibility index (Phi) is 2.47. The lowest BCUT2D eigenvalue weighted by Gasteiger charge is -2.09. The Bertz CT molecular complexity index is 424. The number of H-pyrrole nitrogens is 1. The minimum absolute atomic E-state index is 0.478. The summed E-state index contributed by atoms with van der Waals surface area (Å²) < 4.78 is 0. The van der Waals surface area contributed by atoms with E-state index in [1.165, 1.54) is 0 Å². The van der Waals surface area contributed by atoms with Crippen LogP contribution in [0.5, 0.6) is 0 Å². The number of aliphatic hydroxyl groups excluding tert-OH is 1. The first-order chi connectivity index (χ1) is 6.83. The van der Waals surface area contributed by atoms with Crippen LogP contribution in [0.3, 0.4) is 0 Å². The normalized spacial score (nSPS) is 13.3. The molecule has 74 valence electrons. The zero-order valence-corrected chi connectivity index (χ0v) is 7.77. The summed E-state index contributed by atoms with van der Waals surface area (Å²) in [7, 11) is 0. The van der Waals surface area contributed by atoms with Crippen molar-refractivity contribution in [2.45, 2.75) is 12.5 Å². The third-order valence-electron chi connectivity index (χ3n) is 2.31. The van der Waals surface area contributed by atoms with Gasteiger partial charge in [-0.25, -0.2) is 0 Å². The highest BCUT2D eigenvalue weighted by Crippen LogP contribution is 2.23. The first-order valence-electron chi connectivity index (χ1n) is 4.63. The van der Waals surface area contributed by atoms with Crippen LogP contribution in [0.2, 0.25) is 0 Å². The number of para-hydroxylation sites is 1. The number of nitrogens with zero attached hydrogens (tertiary/aromatic N) is 1. The second-order valence-corrected chi connectivity index (χ2v) is 3.27. The number of nitrogens with one attached hydrogen (secondary N) is 1. The van der Waals surface area contributed by atoms with E-state index in [-0.39, 0.29) is 0 Å². The van der Waals surface area contributed by atoms with Gasteiger partial charge in [0.1, 0.15) is 0 Å². The Balaban J connectivity index is 2.45. The fourth-order valence-corrected chi connectivity index (χ4v) is 1.58. The highest BCUT2D eigenvalue weighted by atomic mass is 16.3. The third-order valence-corrected chi connectivity index (χ3v) is 2.31. The lowest BCUT2D eigenvalue weighted by molar-refractivity contribution is 0.171. The molecule has 0 unspecified atom stereocenters. The molecular formula is C10H13N3O. The number of rotatable bonds is 3. The maximum Gasteiger partial charge on any atom is 0.0822 e. The molecule has 0 amide bonds. The summed E-state index contributed by atoms with van der Waals surface area (Å²) >= 11 is 0. The Morgan fingerprint density at radius 1 is 1.50 bits per heavy atom. The molecule has 4 nitrogen and oxygen atoms in total. The maximum atomic E-state index is 9.81. The third kappa shape index (κ3) is 1.49. The lowest BCUT2D eigenvalue weighted by atomic mass is 10.0. The van der Waals surface area contributed by atoms with Crippen molar-refractivity contribution in [1.29, 1.82) is 0 Å². The summed E-state index contributed by atoms with van der Waals surface area (Å²) in [6, 6.07) is 5.76. The van der Waals surface area contributed by atoms with Gasteiger partial charge in [-0.1, -0.05) is 18.2 Å². The summed E-state index contributed by atoms with van der Waals surface area (Å²) in [5.74, 6) is 0. The van der Waals surface area contributed by atoms with E-state index in [1.54, 1.807) is 6.20 Å². The summed E-state index contributed by atoms with van der Waals surface area (Å²) in [5.41, 5.74) is 7.16. The second kappa shape index (κ2) is 3.77. The van der Waals surface area contributed by atoms with Crippen LogP contribution in [0.4, 0.5) is 0 Å². The van der Waals surface area contributed by atoms with Gasteiger partial charge in [0.15, 0.2) is 0 Å². The van der Waals surface area contributed by atoms with Crippen LogP contribution in [0.25, 0.3) is 10.9 Å². The van der Waals surface area contributed by atoms with Crippen LogP contribution in [-0.4, -0.2) is 21.8 Å². The first-order valence-corrected chi connectivity index (χ1v) is 4.63. The van der Waals surface area contributed by atoms with Crippen LogP contribution in [0.15, 0.2) is 24.4 Å². The molecule has 0 bridgehead atoms. The highest BCUT2D eigenvalue weighted by molar-refractivity contribution is 5.81. The fourth-order valence-electron chi connectivity index (χ4n) is 1.58. The van der Waals surface area contributed by atoms with E-state index in [2.05, 4.69) is 10.2 Å². The Morgan fingerprint density at radius 2 is 2.36 bits per heavy atom. The van der Waals surface area contributed by atoms with Crippen LogP contribution >= 0.6 is 0 Å². The second-order valence-electron chi connectivity index (χ2n) is 3.27. The van der Waals surface area contributed by atoms with Crippen LogP contribution in [0, 0.1) is 0 Å². The summed E-state index contributed by atoms with van der Waals surface area (Å²) in [4.78, 5) is 0. The largest absolute Gasteiger partial charge is 0.388 e. The Labute approximate surface area is 81.7 Å². The maximum absolute atomic E-state index is 9.81. The predicted octanol–water partition coefficient (Wildman–Crippen LogP) is 0.945. The molecule has 0 radical (unpaired) electrons. The number of aromatic amines is 1. The van der Waals surface area contributed by atoms with Crippen molar-refractivity contribution in [1.82, 2.24) is 10.2 Å². The van der Waals surface area contributed by atoms with Gasteiger partial charge < -0.3 is 10.8 Å². The zero-order chi connectivity index (χ0) is 9.97. The smallest absolute Gasteiger partial charge is 0.0822 e. The molecule has 1 aromatic carbocycles. The molecule has 4 N–H and O–H groups in total. The number of benzene rings is 1. The molecule has 0 spiro atoms. The van der Waals surface area contributed by atoms with Gasteiger partial charge in [0.25, 0.3) is 0 Å². The fraction of sp³-hybridized carbons (Fsp3) is 0.300. The van der Waals surface area contributed by atoms with Gasteiger partial charge >= 0.3 is 0 Å². The average molecular weight is 191 g/mol. The number of fused-ring (bicyclic) bond motifs is 1. The molecule has 0 fully saturated rings. The number of nitrogens with two attached hydrogens (primary N) is 1. The van der Waals surface area contributed by atoms with Crippen molar-refractivity contribution >= 4 is 10.9 Å². The van der Waals surface area contributed by atoms with Crippen LogP contribution in [0.1, 0.15) is 18.1 Å². The van der Waals surface area contributed by atoms with Crippen molar-refractivity contribution in [3.63, 3.8) is 0 Å². The van der Waals surface area contributed by atoms with Crippen LogP contribution in [-0.2, 0) is 0 Å². The van der Waals surface area contributed by atoms with Gasteiger partial charge in [0.2, 0.25) is 0 Å². The summed E-state index contributed by atoms with van der Waals surface area (Å²) in [5, 5.41) is 17.6. The number of aromatic nitrogens is 2. The van der Waals surface area contributed by atoms with Crippen LogP contribution < -0.4 is 5.73 Å². The standard InChI is InChI=1S/C10H13N3O/c11-5-4-9(14)8-3-1-2-7-6-12-13-10(7)8/h1-3,6,9,14H,4-5,11H2,(H,12,13)/t9-/m1/s1. The summed E-state index contributed by atoms with van der Waals surface area (Å²) in [6.07, 6.45) is 1.80. The highest BCUT2D eigenvalue weighted by Gasteiger charge is 2.10. The Hall–Kier alpha value is -1.39. The molecule has 0 aliphatic rings. The van der Waals surface area contributed by atoms with E-state index >= 15 is 0 Å². The lowest BCUT2D eigenvalue weighted by Crippen LogP contribution is -2.07. The first kappa shape index (κ1) is 9.18. The van der Waals surface area contributed by atoms with Gasteiger partial charge in [0.05, 0.1) is 17.8 Å². The minimum atomic E-state index is -0.510. The SMILES string of the molecule is NCC[C@@H](O)c1cccc2cn[nH]c12. The average Bonchev–Trinajstić information content (AvgIpc) is 2.65. The predicted molar refractivity (Wildman–Crippen MR) is 54.7 cm³/mol. The van der Waals surface area contributed by atoms with Crippen molar-refractivity contribution in [3.8, 4) is 0 Å². The van der Waals surface area contributed by atoms with Gasteiger partial charge in [-0.05, 0) is 13.0 Å². The molecule has 1 heterocycles. The molecule has 2 aromatic rings. The molecule has 1 atom stereocenters. The van der Waals surface area contributed by atoms with Crippen molar-refractivity contribution < 1.29 is 5.11 Å². The molecule has 14 heavy (non-hydrogen) atoms. The molecule has 4 heteroatoms. The van der Waals surface area contributed by atoms with E-state index in [0.29, 0.717) is 13.0 Å². The topological polar surface area (TPSA) is 74.9 Å². The minimum Gasteiger partial charge on any atom is -0.388 e. The number of hydrogen-bond acceptors (Lipinski definition) is 3. The van der Waals surface area contributed by atoms with Gasteiger partial charge in [-0.3, -0.25) is 5.10 Å². The number of hydrogen-bond donors (Lipinski definition) is 3. The van der Waals surface area contributed by atoms with Gasteiger partial charge in [0, 0.05) is 10.9 Å². The monoisotopic (exact) mass is 191 g/mol. The van der Waals surface area contributed by atoms with E-state index < -0.39 is 6.10 Å². The summed E-state index contributed by atoms with van der Waals surface area (Å²) in [6.45, 7) is 0.478. The molecule has 0 aliphatic carbocycles. The number of aliphatic hydroxyl groups is 1. The molecular weight excluding hydrogens is 178 g/mol. The molecule has 2 rings (SSSR count). The molecule has 1 aromatic heterocycles. The van der Waals surface area contributed by atoms with E-state index in [4.69, 9.17) is 5.73 Å². The van der Waals surface area contributed by atoms with E-state index in [0.717, 1.165) is 16.5 Å². The van der Waals surface area contributed by atoms with E-state index in [9.17, 15) is 5.11 Å². The molecule has 0 saturated heterocycles. The van der Waals surface area contributed by atoms with Crippen molar-refractivity contribution in [3.05, 3.63) is 30.0 Å². The van der Waals surface area contributed by atoms with Gasteiger partial charge in [-0.2, -0.15) is 5.10 Å². The van der Waals surface area contributed by atoms with Crippen molar-refractivity contribution in [2.75, 3.05) is 6.54 Å². The quantitative estimate of drug-likeness (QED) is 0.676. The van der Waals surface area contributed by atoms with Gasteiger partial charge in [-0.15, -0.1) is 0 Å². The van der Waals surface area contributed by atoms with Crippen molar-refractivity contribution in [2.24, 2.45) is 5.73 Å². The molecule has 0 saturated carbocycles.